The number of nitrogens with one attached hydrogen (secondary N) is 1. The van der Waals surface area contributed by atoms with Gasteiger partial charge in [-0.2, -0.15) is 13.2 Å². The summed E-state index contributed by atoms with van der Waals surface area (Å²) in [6.45, 7) is 0. The number of carbonyl (C=O) groups excluding carboxylic acids is 1. The molecule has 1 heterocycles. The van der Waals surface area contributed by atoms with Gasteiger partial charge in [0.2, 0.25) is 5.88 Å². The third-order valence-electron chi connectivity index (χ3n) is 3.59. The van der Waals surface area contributed by atoms with Crippen LogP contribution in [0.3, 0.4) is 0 Å². The minimum atomic E-state index is -4.47. The number of hydrogen-bond donors (Lipinski definition) is 1. The summed E-state index contributed by atoms with van der Waals surface area (Å²) in [7, 11) is 0. The first-order chi connectivity index (χ1) is 13.2. The Morgan fingerprint density at radius 2 is 1.79 bits per heavy atom. The molecule has 0 saturated heterocycles. The predicted molar refractivity (Wildman–Crippen MR) is 95.1 cm³/mol. The van der Waals surface area contributed by atoms with Gasteiger partial charge in [-0.25, -0.2) is 9.37 Å². The number of halogens is 5. The highest BCUT2D eigenvalue weighted by molar-refractivity contribution is 6.31. The minimum absolute atomic E-state index is 0.0304. The number of benzene rings is 2. The Bertz CT molecular complexity index is 1010. The van der Waals surface area contributed by atoms with Gasteiger partial charge in [-0.1, -0.05) is 11.6 Å². The van der Waals surface area contributed by atoms with Gasteiger partial charge in [-0.15, -0.1) is 0 Å². The highest BCUT2D eigenvalue weighted by atomic mass is 35.5. The van der Waals surface area contributed by atoms with Crippen molar-refractivity contribution in [1.82, 2.24) is 4.98 Å². The van der Waals surface area contributed by atoms with Crippen molar-refractivity contribution in [2.24, 2.45) is 0 Å². The lowest BCUT2D eigenvalue weighted by atomic mass is 10.2. The molecule has 3 aromatic rings. The average molecular weight is 411 g/mol. The van der Waals surface area contributed by atoms with E-state index in [1.54, 1.807) is 0 Å². The predicted octanol–water partition coefficient (Wildman–Crippen LogP) is 5.94. The van der Waals surface area contributed by atoms with E-state index in [4.69, 9.17) is 16.3 Å². The van der Waals surface area contributed by atoms with Crippen molar-refractivity contribution in [2.45, 2.75) is 6.18 Å². The molecule has 2 aromatic carbocycles. The van der Waals surface area contributed by atoms with E-state index in [0.717, 1.165) is 30.3 Å². The van der Waals surface area contributed by atoms with Crippen molar-refractivity contribution < 1.29 is 27.1 Å². The molecule has 0 radical (unpaired) electrons. The van der Waals surface area contributed by atoms with Crippen LogP contribution in [-0.4, -0.2) is 10.9 Å². The van der Waals surface area contributed by atoms with E-state index < -0.39 is 23.5 Å². The van der Waals surface area contributed by atoms with Crippen LogP contribution in [0, 0.1) is 5.82 Å². The fourth-order valence-electron chi connectivity index (χ4n) is 2.24. The van der Waals surface area contributed by atoms with Crippen LogP contribution in [0.2, 0.25) is 5.02 Å². The van der Waals surface area contributed by atoms with E-state index >= 15 is 0 Å². The lowest BCUT2D eigenvalue weighted by Crippen LogP contribution is -2.13. The Labute approximate surface area is 161 Å². The van der Waals surface area contributed by atoms with Crippen molar-refractivity contribution in [2.75, 3.05) is 5.32 Å². The number of ether oxygens (including phenoxy) is 1. The summed E-state index contributed by atoms with van der Waals surface area (Å²) >= 11 is 5.68. The minimum Gasteiger partial charge on any atom is -0.438 e. The molecule has 144 valence electrons. The molecule has 0 aliphatic rings. The lowest BCUT2D eigenvalue weighted by molar-refractivity contribution is -0.137. The first kappa shape index (κ1) is 19.6. The first-order valence-electron chi connectivity index (χ1n) is 7.80. The highest BCUT2D eigenvalue weighted by Crippen LogP contribution is 2.31. The molecule has 0 bridgehead atoms. The Balaban J connectivity index is 1.80. The molecule has 4 nitrogen and oxygen atoms in total. The van der Waals surface area contributed by atoms with Crippen molar-refractivity contribution in [3.05, 3.63) is 82.8 Å². The van der Waals surface area contributed by atoms with Crippen LogP contribution in [0.1, 0.15) is 15.9 Å². The summed E-state index contributed by atoms with van der Waals surface area (Å²) in [6, 6.07) is 10.5. The van der Waals surface area contributed by atoms with Crippen molar-refractivity contribution in [1.29, 1.82) is 0 Å². The fourth-order valence-corrected chi connectivity index (χ4v) is 2.42. The smallest absolute Gasteiger partial charge is 0.416 e. The summed E-state index contributed by atoms with van der Waals surface area (Å²) in [5, 5.41) is 2.36. The molecule has 1 N–H and O–H groups in total. The zero-order valence-electron chi connectivity index (χ0n) is 13.9. The molecule has 9 heteroatoms. The Kier molecular flexibility index (Phi) is 5.51. The normalized spacial score (nSPS) is 11.2. The highest BCUT2D eigenvalue weighted by Gasteiger charge is 2.30. The van der Waals surface area contributed by atoms with E-state index in [9.17, 15) is 22.4 Å². The molecule has 0 unspecified atom stereocenters. The standard InChI is InChI=1S/C19H11ClF4N2O2/c20-15-10-12(5-8-16(15)21)26-17(27)14-2-1-9-25-18(14)28-13-6-3-11(4-7-13)19(22,23)24/h1-10H,(H,26,27). The Hall–Kier alpha value is -3.13. The molecule has 3 rings (SSSR count). The number of carbonyl (C=O) groups is 1. The largest absolute Gasteiger partial charge is 0.438 e. The quantitative estimate of drug-likeness (QED) is 0.542. The van der Waals surface area contributed by atoms with E-state index in [2.05, 4.69) is 10.3 Å². The summed E-state index contributed by atoms with van der Waals surface area (Å²) in [4.78, 5) is 16.4. The lowest BCUT2D eigenvalue weighted by Gasteiger charge is -2.11. The monoisotopic (exact) mass is 410 g/mol. The zero-order valence-corrected chi connectivity index (χ0v) is 14.7. The molecule has 0 atom stereocenters. The van der Waals surface area contributed by atoms with Gasteiger partial charge >= 0.3 is 6.18 Å². The molecular formula is C19H11ClF4N2O2. The molecule has 1 aromatic heterocycles. The summed E-state index contributed by atoms with van der Waals surface area (Å²) < 4.78 is 56.6. The van der Waals surface area contributed by atoms with E-state index in [0.29, 0.717) is 0 Å². The van der Waals surface area contributed by atoms with E-state index in [1.165, 1.54) is 30.5 Å². The third-order valence-corrected chi connectivity index (χ3v) is 3.88. The van der Waals surface area contributed by atoms with Crippen LogP contribution in [0.4, 0.5) is 23.2 Å². The van der Waals surface area contributed by atoms with Crippen molar-refractivity contribution >= 4 is 23.2 Å². The topological polar surface area (TPSA) is 51.2 Å². The van der Waals surface area contributed by atoms with Gasteiger partial charge in [-0.3, -0.25) is 4.79 Å². The summed E-state index contributed by atoms with van der Waals surface area (Å²) in [5.41, 5.74) is -0.546. The molecule has 1 amide bonds. The number of amides is 1. The maximum Gasteiger partial charge on any atom is 0.416 e. The van der Waals surface area contributed by atoms with E-state index in [-0.39, 0.29) is 27.9 Å². The van der Waals surface area contributed by atoms with Crippen LogP contribution >= 0.6 is 11.6 Å². The first-order valence-corrected chi connectivity index (χ1v) is 8.18. The van der Waals surface area contributed by atoms with Crippen molar-refractivity contribution in [3.63, 3.8) is 0 Å². The number of nitrogens with zero attached hydrogens (tertiary/aromatic N) is 1. The second-order valence-electron chi connectivity index (χ2n) is 5.56. The van der Waals surface area contributed by atoms with E-state index in [1.807, 2.05) is 0 Å². The van der Waals surface area contributed by atoms with Crippen LogP contribution in [-0.2, 0) is 6.18 Å². The average Bonchev–Trinajstić information content (AvgIpc) is 2.65. The van der Waals surface area contributed by atoms with Crippen LogP contribution < -0.4 is 10.1 Å². The molecular weight excluding hydrogens is 400 g/mol. The molecule has 0 saturated carbocycles. The summed E-state index contributed by atoms with van der Waals surface area (Å²) in [6.07, 6.45) is -3.10. The van der Waals surface area contributed by atoms with Crippen LogP contribution in [0.15, 0.2) is 60.8 Å². The Morgan fingerprint density at radius 3 is 2.43 bits per heavy atom. The molecule has 0 spiro atoms. The van der Waals surface area contributed by atoms with Gasteiger partial charge in [0.05, 0.1) is 10.6 Å². The second kappa shape index (κ2) is 7.85. The van der Waals surface area contributed by atoms with Crippen molar-refractivity contribution in [3.8, 4) is 11.6 Å². The van der Waals surface area contributed by atoms with Gasteiger partial charge in [0, 0.05) is 11.9 Å². The second-order valence-corrected chi connectivity index (χ2v) is 5.97. The molecule has 0 aliphatic carbocycles. The number of anilines is 1. The van der Waals surface area contributed by atoms with Crippen LogP contribution in [0.5, 0.6) is 11.6 Å². The third kappa shape index (κ3) is 4.58. The van der Waals surface area contributed by atoms with Crippen LogP contribution in [0.25, 0.3) is 0 Å². The van der Waals surface area contributed by atoms with Gasteiger partial charge in [-0.05, 0) is 54.6 Å². The number of hydrogen-bond acceptors (Lipinski definition) is 3. The maximum atomic E-state index is 13.2. The molecule has 0 aliphatic heterocycles. The molecule has 0 fully saturated rings. The van der Waals surface area contributed by atoms with Gasteiger partial charge in [0.1, 0.15) is 17.1 Å². The van der Waals surface area contributed by atoms with Gasteiger partial charge in [0.15, 0.2) is 0 Å². The fraction of sp³-hybridized carbons (Fsp3) is 0.0526. The Morgan fingerprint density at radius 1 is 1.07 bits per heavy atom. The number of rotatable bonds is 4. The SMILES string of the molecule is O=C(Nc1ccc(F)c(Cl)c1)c1cccnc1Oc1ccc(C(F)(F)F)cc1. The zero-order chi connectivity index (χ0) is 20.3. The summed E-state index contributed by atoms with van der Waals surface area (Å²) in [5.74, 6) is -1.27. The maximum absolute atomic E-state index is 13.2. The van der Waals surface area contributed by atoms with Gasteiger partial charge < -0.3 is 10.1 Å². The van der Waals surface area contributed by atoms with Gasteiger partial charge in [0.25, 0.3) is 5.91 Å². The molecule has 28 heavy (non-hydrogen) atoms. The number of alkyl halides is 3. The number of pyridine rings is 1. The number of aromatic nitrogens is 1.